The summed E-state index contributed by atoms with van der Waals surface area (Å²) in [4.78, 5) is 18.1. The number of nitrogens with zero attached hydrogens (tertiary/aromatic N) is 2. The second-order valence-corrected chi connectivity index (χ2v) is 8.66. The molecule has 1 saturated heterocycles. The number of aliphatic hydroxyl groups excluding tert-OH is 1. The Kier molecular flexibility index (Phi) is 5.35. The van der Waals surface area contributed by atoms with Crippen molar-refractivity contribution in [2.75, 3.05) is 5.73 Å². The van der Waals surface area contributed by atoms with Gasteiger partial charge in [-0.15, -0.1) is 0 Å². The molecule has 0 saturated carbocycles. The van der Waals surface area contributed by atoms with Gasteiger partial charge in [0.05, 0.1) is 17.7 Å². The summed E-state index contributed by atoms with van der Waals surface area (Å²) < 4.78 is 0. The Hall–Kier alpha value is -2.60. The molecule has 0 radical (unpaired) electrons. The molecule has 28 heavy (non-hydrogen) atoms. The van der Waals surface area contributed by atoms with Crippen molar-refractivity contribution in [3.8, 4) is 0 Å². The van der Waals surface area contributed by atoms with Gasteiger partial charge < -0.3 is 15.9 Å². The summed E-state index contributed by atoms with van der Waals surface area (Å²) in [6.45, 7) is 6.18. The van der Waals surface area contributed by atoms with Crippen molar-refractivity contribution in [3.63, 3.8) is 0 Å². The van der Waals surface area contributed by atoms with E-state index in [1.165, 1.54) is 4.90 Å². The van der Waals surface area contributed by atoms with Crippen LogP contribution in [-0.4, -0.2) is 37.8 Å². The SMILES string of the molecule is CC(C)(C)[C@@]1(Cc2ccc(N)nc2)CC[C@H]([C@H](O)c2ccccc2)N1C(=O)O. The third kappa shape index (κ3) is 3.56. The first kappa shape index (κ1) is 20.1. The Morgan fingerprint density at radius 3 is 2.50 bits per heavy atom. The minimum absolute atomic E-state index is 0.335. The maximum atomic E-state index is 12.4. The molecule has 2 aromatic rings. The molecule has 0 bridgehead atoms. The Labute approximate surface area is 166 Å². The fourth-order valence-electron chi connectivity index (χ4n) is 4.50. The number of anilines is 1. The number of hydrogen-bond acceptors (Lipinski definition) is 4. The van der Waals surface area contributed by atoms with Gasteiger partial charge in [-0.05, 0) is 41.9 Å². The topological polar surface area (TPSA) is 99.7 Å². The zero-order valence-corrected chi connectivity index (χ0v) is 16.7. The molecule has 0 spiro atoms. The maximum Gasteiger partial charge on any atom is 0.408 e. The highest BCUT2D eigenvalue weighted by molar-refractivity contribution is 5.68. The third-order valence-electron chi connectivity index (χ3n) is 6.10. The molecule has 1 aliphatic rings. The largest absolute Gasteiger partial charge is 0.465 e. The Balaban J connectivity index is 2.01. The van der Waals surface area contributed by atoms with E-state index in [9.17, 15) is 15.0 Å². The number of amides is 1. The highest BCUT2D eigenvalue weighted by Crippen LogP contribution is 2.50. The molecule has 150 valence electrons. The molecule has 1 aliphatic heterocycles. The van der Waals surface area contributed by atoms with E-state index in [2.05, 4.69) is 25.8 Å². The summed E-state index contributed by atoms with van der Waals surface area (Å²) in [6, 6.07) is 12.4. The number of likely N-dealkylation sites (tertiary alicyclic amines) is 1. The molecule has 2 heterocycles. The van der Waals surface area contributed by atoms with Crippen LogP contribution in [0.1, 0.15) is 50.8 Å². The fourth-order valence-corrected chi connectivity index (χ4v) is 4.50. The number of benzene rings is 1. The van der Waals surface area contributed by atoms with Crippen molar-refractivity contribution >= 4 is 11.9 Å². The first-order valence-electron chi connectivity index (χ1n) is 9.61. The Morgan fingerprint density at radius 2 is 1.96 bits per heavy atom. The van der Waals surface area contributed by atoms with E-state index < -0.39 is 23.8 Å². The molecular weight excluding hydrogens is 354 g/mol. The molecular formula is C22H29N3O3. The van der Waals surface area contributed by atoms with E-state index in [0.29, 0.717) is 25.1 Å². The van der Waals surface area contributed by atoms with Gasteiger partial charge in [0.25, 0.3) is 0 Å². The zero-order chi connectivity index (χ0) is 20.5. The van der Waals surface area contributed by atoms with E-state index in [4.69, 9.17) is 5.73 Å². The van der Waals surface area contributed by atoms with Crippen molar-refractivity contribution in [1.82, 2.24) is 9.88 Å². The summed E-state index contributed by atoms with van der Waals surface area (Å²) in [7, 11) is 0. The van der Waals surface area contributed by atoms with Gasteiger partial charge in [-0.3, -0.25) is 4.90 Å². The highest BCUT2D eigenvalue weighted by Gasteiger charge is 2.56. The summed E-state index contributed by atoms with van der Waals surface area (Å²) in [5, 5.41) is 21.2. The summed E-state index contributed by atoms with van der Waals surface area (Å²) >= 11 is 0. The van der Waals surface area contributed by atoms with Crippen LogP contribution < -0.4 is 5.73 Å². The van der Waals surface area contributed by atoms with E-state index >= 15 is 0 Å². The van der Waals surface area contributed by atoms with Gasteiger partial charge in [0.2, 0.25) is 0 Å². The van der Waals surface area contributed by atoms with Crippen LogP contribution in [0.15, 0.2) is 48.7 Å². The van der Waals surface area contributed by atoms with Crippen LogP contribution >= 0.6 is 0 Å². The monoisotopic (exact) mass is 383 g/mol. The first-order chi connectivity index (χ1) is 13.2. The standard InChI is InChI=1S/C22H29N3O3/c1-21(2,3)22(13-15-9-10-18(23)24-14-15)12-11-17(25(22)20(27)28)19(26)16-7-5-4-6-8-16/h4-10,14,17,19,26H,11-13H2,1-3H3,(H2,23,24)(H,27,28)/t17-,19-,22+/m1/s1. The average Bonchev–Trinajstić information content (AvgIpc) is 3.04. The molecule has 0 unspecified atom stereocenters. The van der Waals surface area contributed by atoms with Gasteiger partial charge in [-0.1, -0.05) is 57.2 Å². The fraction of sp³-hybridized carbons (Fsp3) is 0.455. The summed E-state index contributed by atoms with van der Waals surface area (Å²) in [5.74, 6) is 0.437. The number of pyridine rings is 1. The van der Waals surface area contributed by atoms with Crippen LogP contribution in [0.5, 0.6) is 0 Å². The Bertz CT molecular complexity index is 817. The van der Waals surface area contributed by atoms with Crippen LogP contribution in [0.2, 0.25) is 0 Å². The lowest BCUT2D eigenvalue weighted by molar-refractivity contribution is -0.0178. The lowest BCUT2D eigenvalue weighted by Crippen LogP contribution is -2.59. The van der Waals surface area contributed by atoms with E-state index in [1.54, 1.807) is 12.3 Å². The molecule has 3 rings (SSSR count). The summed E-state index contributed by atoms with van der Waals surface area (Å²) in [6.07, 6.45) is 1.63. The van der Waals surface area contributed by atoms with Crippen molar-refractivity contribution in [1.29, 1.82) is 0 Å². The van der Waals surface area contributed by atoms with Crippen molar-refractivity contribution < 1.29 is 15.0 Å². The number of aliphatic hydroxyl groups is 1. The van der Waals surface area contributed by atoms with Gasteiger partial charge in [0.15, 0.2) is 0 Å². The predicted octanol–water partition coefficient (Wildman–Crippen LogP) is 3.87. The number of hydrogen-bond donors (Lipinski definition) is 3. The second kappa shape index (κ2) is 7.43. The van der Waals surface area contributed by atoms with Crippen molar-refractivity contribution in [3.05, 3.63) is 59.8 Å². The quantitative estimate of drug-likeness (QED) is 0.744. The zero-order valence-electron chi connectivity index (χ0n) is 16.7. The van der Waals surface area contributed by atoms with Crippen molar-refractivity contribution in [2.45, 2.75) is 57.7 Å². The van der Waals surface area contributed by atoms with Gasteiger partial charge in [-0.2, -0.15) is 0 Å². The molecule has 0 aliphatic carbocycles. The number of aromatic nitrogens is 1. The molecule has 1 fully saturated rings. The normalized spacial score (nSPS) is 23.6. The van der Waals surface area contributed by atoms with Crippen LogP contribution in [0.4, 0.5) is 10.6 Å². The van der Waals surface area contributed by atoms with Crippen LogP contribution in [0.25, 0.3) is 0 Å². The smallest absolute Gasteiger partial charge is 0.408 e. The summed E-state index contributed by atoms with van der Waals surface area (Å²) in [5.41, 5.74) is 6.38. The number of rotatable bonds is 4. The predicted molar refractivity (Wildman–Crippen MR) is 109 cm³/mol. The van der Waals surface area contributed by atoms with Gasteiger partial charge in [-0.25, -0.2) is 9.78 Å². The van der Waals surface area contributed by atoms with E-state index in [1.807, 2.05) is 36.4 Å². The number of carbonyl (C=O) groups is 1. The average molecular weight is 383 g/mol. The van der Waals surface area contributed by atoms with Gasteiger partial charge >= 0.3 is 6.09 Å². The third-order valence-corrected chi connectivity index (χ3v) is 6.10. The van der Waals surface area contributed by atoms with Crippen LogP contribution in [-0.2, 0) is 6.42 Å². The number of nitrogen functional groups attached to an aromatic ring is 1. The Morgan fingerprint density at radius 1 is 1.29 bits per heavy atom. The molecule has 3 atom stereocenters. The number of carboxylic acid groups (broad SMARTS) is 1. The number of nitrogens with two attached hydrogens (primary N) is 1. The second-order valence-electron chi connectivity index (χ2n) is 8.66. The molecule has 1 aromatic carbocycles. The van der Waals surface area contributed by atoms with E-state index in [-0.39, 0.29) is 5.41 Å². The van der Waals surface area contributed by atoms with E-state index in [0.717, 1.165) is 11.1 Å². The molecule has 4 N–H and O–H groups in total. The van der Waals surface area contributed by atoms with Crippen molar-refractivity contribution in [2.24, 2.45) is 5.41 Å². The molecule has 6 heteroatoms. The lowest BCUT2D eigenvalue weighted by atomic mass is 9.68. The molecule has 1 aromatic heterocycles. The highest BCUT2D eigenvalue weighted by atomic mass is 16.4. The lowest BCUT2D eigenvalue weighted by Gasteiger charge is -2.49. The maximum absolute atomic E-state index is 12.4. The van der Waals surface area contributed by atoms with Gasteiger partial charge in [0.1, 0.15) is 5.82 Å². The van der Waals surface area contributed by atoms with Crippen LogP contribution in [0, 0.1) is 5.41 Å². The van der Waals surface area contributed by atoms with Crippen LogP contribution in [0.3, 0.4) is 0 Å². The van der Waals surface area contributed by atoms with Gasteiger partial charge in [0, 0.05) is 6.20 Å². The first-order valence-corrected chi connectivity index (χ1v) is 9.61. The minimum atomic E-state index is -1.00. The molecule has 6 nitrogen and oxygen atoms in total. The molecule has 1 amide bonds. The minimum Gasteiger partial charge on any atom is -0.465 e.